The van der Waals surface area contributed by atoms with Gasteiger partial charge in [0.25, 0.3) is 0 Å². The van der Waals surface area contributed by atoms with Crippen molar-refractivity contribution in [3.8, 4) is 5.75 Å². The van der Waals surface area contributed by atoms with Gasteiger partial charge >= 0.3 is 0 Å². The van der Waals surface area contributed by atoms with E-state index in [-0.39, 0.29) is 15.6 Å². The zero-order valence-electron chi connectivity index (χ0n) is 17.4. The van der Waals surface area contributed by atoms with E-state index in [1.54, 1.807) is 12.1 Å². The fourth-order valence-corrected chi connectivity index (χ4v) is 4.76. The average molecular weight is 446 g/mol. The number of benzene rings is 3. The van der Waals surface area contributed by atoms with Crippen molar-refractivity contribution < 1.29 is 13.2 Å². The van der Waals surface area contributed by atoms with E-state index >= 15 is 0 Å². The summed E-state index contributed by atoms with van der Waals surface area (Å²) in [6, 6.07) is 21.5. The van der Waals surface area contributed by atoms with Gasteiger partial charge in [-0.2, -0.15) is 4.52 Å². The second-order valence-corrected chi connectivity index (χ2v) is 9.09. The van der Waals surface area contributed by atoms with Gasteiger partial charge in [0.2, 0.25) is 14.9 Å². The van der Waals surface area contributed by atoms with Crippen LogP contribution in [0.3, 0.4) is 0 Å². The number of aryl methyl sites for hydroxylation is 1. The number of aromatic nitrogens is 4. The molecule has 0 aliphatic carbocycles. The number of para-hydroxylation sites is 2. The molecule has 0 saturated carbocycles. The Morgan fingerprint density at radius 2 is 1.66 bits per heavy atom. The summed E-state index contributed by atoms with van der Waals surface area (Å²) in [7, 11) is -2.43. The Morgan fingerprint density at radius 1 is 0.938 bits per heavy atom. The summed E-state index contributed by atoms with van der Waals surface area (Å²) >= 11 is 0. The molecule has 32 heavy (non-hydrogen) atoms. The molecule has 0 aliphatic heterocycles. The number of sulfone groups is 1. The summed E-state index contributed by atoms with van der Waals surface area (Å²) in [6.07, 6.45) is 0. The number of fused-ring (bicyclic) bond motifs is 3. The van der Waals surface area contributed by atoms with Gasteiger partial charge in [-0.05, 0) is 55.0 Å². The number of nitrogens with one attached hydrogen (secondary N) is 1. The van der Waals surface area contributed by atoms with E-state index in [1.807, 2.05) is 55.5 Å². The SMILES string of the molecule is COc1ccc(S(=O)(=O)c2nnn3c2nc(Nc2ccccc2C)c2ccccc23)cc1. The maximum atomic E-state index is 13.4. The highest BCUT2D eigenvalue weighted by atomic mass is 32.2. The van der Waals surface area contributed by atoms with E-state index in [4.69, 9.17) is 4.74 Å². The molecular weight excluding hydrogens is 426 g/mol. The smallest absolute Gasteiger partial charge is 0.229 e. The van der Waals surface area contributed by atoms with Gasteiger partial charge in [0, 0.05) is 11.1 Å². The number of anilines is 2. The Morgan fingerprint density at radius 3 is 2.41 bits per heavy atom. The summed E-state index contributed by atoms with van der Waals surface area (Å²) in [5, 5.41) is 12.0. The maximum absolute atomic E-state index is 13.4. The Balaban J connectivity index is 1.72. The number of nitrogens with zero attached hydrogens (tertiary/aromatic N) is 4. The lowest BCUT2D eigenvalue weighted by Gasteiger charge is -2.12. The topological polar surface area (TPSA) is 98.5 Å². The van der Waals surface area contributed by atoms with E-state index in [1.165, 1.54) is 23.8 Å². The Bertz CT molecular complexity index is 1560. The molecule has 1 N–H and O–H groups in total. The molecule has 0 unspecified atom stereocenters. The summed E-state index contributed by atoms with van der Waals surface area (Å²) in [5.74, 6) is 1.08. The van der Waals surface area contributed by atoms with Crippen molar-refractivity contribution in [1.82, 2.24) is 19.8 Å². The molecule has 2 aromatic heterocycles. The lowest BCUT2D eigenvalue weighted by molar-refractivity contribution is 0.414. The summed E-state index contributed by atoms with van der Waals surface area (Å²) in [6.45, 7) is 1.99. The normalized spacial score (nSPS) is 11.7. The van der Waals surface area contributed by atoms with Gasteiger partial charge in [-0.3, -0.25) is 0 Å². The average Bonchev–Trinajstić information content (AvgIpc) is 3.26. The molecule has 160 valence electrons. The van der Waals surface area contributed by atoms with Crippen LogP contribution in [0.4, 0.5) is 11.5 Å². The van der Waals surface area contributed by atoms with Gasteiger partial charge in [0.15, 0.2) is 5.65 Å². The fraction of sp³-hybridized carbons (Fsp3) is 0.0870. The molecule has 0 fully saturated rings. The van der Waals surface area contributed by atoms with Crippen molar-refractivity contribution in [1.29, 1.82) is 0 Å². The van der Waals surface area contributed by atoms with E-state index in [0.717, 1.165) is 16.6 Å². The summed E-state index contributed by atoms with van der Waals surface area (Å²) in [4.78, 5) is 4.74. The maximum Gasteiger partial charge on any atom is 0.229 e. The molecule has 5 aromatic rings. The molecule has 0 bridgehead atoms. The van der Waals surface area contributed by atoms with Crippen LogP contribution < -0.4 is 10.1 Å². The predicted molar refractivity (Wildman–Crippen MR) is 121 cm³/mol. The van der Waals surface area contributed by atoms with Gasteiger partial charge in [0.1, 0.15) is 11.6 Å². The molecule has 0 saturated heterocycles. The fourth-order valence-electron chi connectivity index (χ4n) is 3.52. The molecule has 8 nitrogen and oxygen atoms in total. The third-order valence-electron chi connectivity index (χ3n) is 5.24. The van der Waals surface area contributed by atoms with Gasteiger partial charge in [-0.15, -0.1) is 5.10 Å². The van der Waals surface area contributed by atoms with Crippen molar-refractivity contribution in [3.63, 3.8) is 0 Å². The molecule has 3 aromatic carbocycles. The predicted octanol–water partition coefficient (Wildman–Crippen LogP) is 4.17. The molecule has 2 heterocycles. The quantitative estimate of drug-likeness (QED) is 0.433. The minimum atomic E-state index is -3.95. The first-order valence-corrected chi connectivity index (χ1v) is 11.3. The third kappa shape index (κ3) is 3.23. The van der Waals surface area contributed by atoms with Crippen LogP contribution in [0.2, 0.25) is 0 Å². The molecular formula is C23H19N5O3S. The van der Waals surface area contributed by atoms with E-state index in [0.29, 0.717) is 17.1 Å². The van der Waals surface area contributed by atoms with Crippen LogP contribution in [0.1, 0.15) is 5.56 Å². The molecule has 5 rings (SSSR count). The Hall–Kier alpha value is -3.98. The highest BCUT2D eigenvalue weighted by Gasteiger charge is 2.27. The van der Waals surface area contributed by atoms with Gasteiger partial charge in [0.05, 0.1) is 17.5 Å². The van der Waals surface area contributed by atoms with Crippen LogP contribution in [0, 0.1) is 6.92 Å². The third-order valence-corrected chi connectivity index (χ3v) is 6.91. The largest absolute Gasteiger partial charge is 0.497 e. The van der Waals surface area contributed by atoms with E-state index < -0.39 is 9.84 Å². The van der Waals surface area contributed by atoms with E-state index in [9.17, 15) is 8.42 Å². The van der Waals surface area contributed by atoms with Gasteiger partial charge < -0.3 is 10.1 Å². The minimum Gasteiger partial charge on any atom is -0.497 e. The first-order valence-electron chi connectivity index (χ1n) is 9.85. The number of hydrogen-bond donors (Lipinski definition) is 1. The first-order chi connectivity index (χ1) is 15.5. The van der Waals surface area contributed by atoms with Crippen molar-refractivity contribution in [2.24, 2.45) is 0 Å². The summed E-state index contributed by atoms with van der Waals surface area (Å²) < 4.78 is 33.3. The number of hydrogen-bond acceptors (Lipinski definition) is 7. The van der Waals surface area contributed by atoms with Crippen molar-refractivity contribution in [2.45, 2.75) is 16.8 Å². The van der Waals surface area contributed by atoms with Crippen LogP contribution in [-0.2, 0) is 9.84 Å². The highest BCUT2D eigenvalue weighted by molar-refractivity contribution is 7.91. The monoisotopic (exact) mass is 445 g/mol. The van der Waals surface area contributed by atoms with Crippen LogP contribution >= 0.6 is 0 Å². The molecule has 0 radical (unpaired) electrons. The molecule has 0 atom stereocenters. The summed E-state index contributed by atoms with van der Waals surface area (Å²) in [5.41, 5.74) is 2.75. The molecule has 0 spiro atoms. The van der Waals surface area contributed by atoms with Crippen molar-refractivity contribution in [2.75, 3.05) is 12.4 Å². The second kappa shape index (κ2) is 7.61. The van der Waals surface area contributed by atoms with Crippen LogP contribution in [-0.4, -0.2) is 35.3 Å². The van der Waals surface area contributed by atoms with E-state index in [2.05, 4.69) is 20.6 Å². The van der Waals surface area contributed by atoms with Crippen molar-refractivity contribution >= 4 is 37.9 Å². The zero-order chi connectivity index (χ0) is 22.3. The minimum absolute atomic E-state index is 0.0871. The first kappa shape index (κ1) is 20.0. The molecule has 0 aliphatic rings. The Labute approximate surface area is 184 Å². The number of ether oxygens (including phenoxy) is 1. The van der Waals surface area contributed by atoms with Gasteiger partial charge in [-0.1, -0.05) is 35.5 Å². The molecule has 0 amide bonds. The Kier molecular flexibility index (Phi) is 4.75. The number of rotatable bonds is 5. The lowest BCUT2D eigenvalue weighted by Crippen LogP contribution is -2.06. The lowest BCUT2D eigenvalue weighted by atomic mass is 10.2. The second-order valence-electron chi connectivity index (χ2n) is 7.23. The number of methoxy groups -OCH3 is 1. The highest BCUT2D eigenvalue weighted by Crippen LogP contribution is 2.30. The van der Waals surface area contributed by atoms with Crippen molar-refractivity contribution in [3.05, 3.63) is 78.4 Å². The molecule has 9 heteroatoms. The van der Waals surface area contributed by atoms with Gasteiger partial charge in [-0.25, -0.2) is 13.4 Å². The standard InChI is InChI=1S/C23H19N5O3S/c1-15-7-3-5-9-19(15)24-21-18-8-4-6-10-20(18)28-22(25-21)23(26-27-28)32(29,30)17-13-11-16(31-2)12-14-17/h3-14H,1-2H3,(H,24,25). The van der Waals surface area contributed by atoms with Crippen LogP contribution in [0.5, 0.6) is 5.75 Å². The zero-order valence-corrected chi connectivity index (χ0v) is 18.2. The van der Waals surface area contributed by atoms with Crippen LogP contribution in [0.15, 0.2) is 82.7 Å². The van der Waals surface area contributed by atoms with Crippen LogP contribution in [0.25, 0.3) is 16.6 Å².